The van der Waals surface area contributed by atoms with E-state index < -0.39 is 15.9 Å². The molecule has 0 unspecified atom stereocenters. The molecule has 2 aromatic carbocycles. The van der Waals surface area contributed by atoms with Crippen molar-refractivity contribution in [3.63, 3.8) is 0 Å². The lowest BCUT2D eigenvalue weighted by Gasteiger charge is -2.23. The Morgan fingerprint density at radius 3 is 2.04 bits per heavy atom. The Labute approximate surface area is 141 Å². The lowest BCUT2D eigenvalue weighted by Crippen LogP contribution is -2.37. The van der Waals surface area contributed by atoms with Crippen LogP contribution in [0.15, 0.2) is 65.6 Å². The normalized spacial score (nSPS) is 11.1. The number of aryl methyl sites for hydroxylation is 1. The average molecular weight is 350 g/mol. The van der Waals surface area contributed by atoms with Crippen molar-refractivity contribution in [1.29, 1.82) is 0 Å². The van der Waals surface area contributed by atoms with Gasteiger partial charge >= 0.3 is 0 Å². The summed E-state index contributed by atoms with van der Waals surface area (Å²) < 4.78 is 26.6. The van der Waals surface area contributed by atoms with Gasteiger partial charge in [0.05, 0.1) is 10.6 Å². The standard InChI is InChI=1S/C17H16ClNO3S/c1-12(2)17(20)19(15-8-6-14(18)7-9-15)23(21,22)16-10-4-13(3)5-11-16/h4-11H,1H2,2-3H3. The molecule has 0 fully saturated rings. The molecule has 0 radical (unpaired) electrons. The van der Waals surface area contributed by atoms with Crippen molar-refractivity contribution in [1.82, 2.24) is 0 Å². The molecule has 2 rings (SSSR count). The van der Waals surface area contributed by atoms with Crippen LogP contribution in [0.4, 0.5) is 5.69 Å². The van der Waals surface area contributed by atoms with Crippen LogP contribution in [0.3, 0.4) is 0 Å². The number of rotatable bonds is 4. The van der Waals surface area contributed by atoms with Gasteiger partial charge in [0.15, 0.2) is 0 Å². The smallest absolute Gasteiger partial charge is 0.268 e. The summed E-state index contributed by atoms with van der Waals surface area (Å²) in [6, 6.07) is 12.3. The molecule has 120 valence electrons. The monoisotopic (exact) mass is 349 g/mol. The van der Waals surface area contributed by atoms with E-state index in [0.29, 0.717) is 5.02 Å². The number of carbonyl (C=O) groups is 1. The van der Waals surface area contributed by atoms with Crippen molar-refractivity contribution >= 4 is 33.2 Å². The number of anilines is 1. The van der Waals surface area contributed by atoms with E-state index >= 15 is 0 Å². The number of sulfonamides is 1. The van der Waals surface area contributed by atoms with Crippen molar-refractivity contribution in [2.24, 2.45) is 0 Å². The van der Waals surface area contributed by atoms with E-state index in [4.69, 9.17) is 11.6 Å². The molecule has 0 saturated heterocycles. The summed E-state index contributed by atoms with van der Waals surface area (Å²) in [5, 5.41) is 0.448. The molecule has 0 atom stereocenters. The van der Waals surface area contributed by atoms with E-state index in [9.17, 15) is 13.2 Å². The molecule has 0 N–H and O–H groups in total. The first-order chi connectivity index (χ1) is 10.7. The molecule has 0 heterocycles. The van der Waals surface area contributed by atoms with Crippen molar-refractivity contribution in [2.45, 2.75) is 18.7 Å². The van der Waals surface area contributed by atoms with Gasteiger partial charge in [0.25, 0.3) is 15.9 Å². The van der Waals surface area contributed by atoms with Gasteiger partial charge in [-0.05, 0) is 50.2 Å². The van der Waals surface area contributed by atoms with E-state index in [1.165, 1.54) is 43.3 Å². The van der Waals surface area contributed by atoms with Crippen LogP contribution in [0.25, 0.3) is 0 Å². The van der Waals surface area contributed by atoms with Gasteiger partial charge in [0.2, 0.25) is 0 Å². The van der Waals surface area contributed by atoms with Gasteiger partial charge in [0, 0.05) is 10.6 Å². The van der Waals surface area contributed by atoms with E-state index in [1.807, 2.05) is 6.92 Å². The highest BCUT2D eigenvalue weighted by molar-refractivity contribution is 7.93. The summed E-state index contributed by atoms with van der Waals surface area (Å²) in [4.78, 5) is 12.5. The third kappa shape index (κ3) is 3.63. The minimum Gasteiger partial charge on any atom is -0.268 e. The number of benzene rings is 2. The maximum atomic E-state index is 12.9. The van der Waals surface area contributed by atoms with Crippen LogP contribution < -0.4 is 4.31 Å². The molecule has 23 heavy (non-hydrogen) atoms. The largest absolute Gasteiger partial charge is 0.271 e. The zero-order valence-electron chi connectivity index (χ0n) is 12.8. The highest BCUT2D eigenvalue weighted by Crippen LogP contribution is 2.26. The van der Waals surface area contributed by atoms with Gasteiger partial charge in [-0.15, -0.1) is 0 Å². The molecule has 0 aliphatic carbocycles. The second kappa shape index (κ2) is 6.56. The van der Waals surface area contributed by atoms with Crippen LogP contribution in [0.2, 0.25) is 5.02 Å². The first kappa shape index (κ1) is 17.2. The summed E-state index contributed by atoms with van der Waals surface area (Å²) in [5.74, 6) is -0.687. The second-order valence-corrected chi connectivity index (χ2v) is 7.37. The highest BCUT2D eigenvalue weighted by atomic mass is 35.5. The SMILES string of the molecule is C=C(C)C(=O)N(c1ccc(Cl)cc1)S(=O)(=O)c1ccc(C)cc1. The summed E-state index contributed by atoms with van der Waals surface area (Å²) in [6.07, 6.45) is 0. The summed E-state index contributed by atoms with van der Waals surface area (Å²) in [7, 11) is -4.05. The van der Waals surface area contributed by atoms with Crippen LogP contribution in [0.5, 0.6) is 0 Å². The number of hydrogen-bond acceptors (Lipinski definition) is 3. The number of hydrogen-bond donors (Lipinski definition) is 0. The van der Waals surface area contributed by atoms with E-state index in [1.54, 1.807) is 12.1 Å². The Hall–Kier alpha value is -2.11. The Bertz CT molecular complexity index is 840. The van der Waals surface area contributed by atoms with Gasteiger partial charge in [-0.25, -0.2) is 8.42 Å². The number of halogens is 1. The van der Waals surface area contributed by atoms with Crippen LogP contribution in [-0.4, -0.2) is 14.3 Å². The second-order valence-electron chi connectivity index (χ2n) is 5.14. The predicted octanol–water partition coefficient (Wildman–Crippen LogP) is 3.95. The fraction of sp³-hybridized carbons (Fsp3) is 0.118. The zero-order chi connectivity index (χ0) is 17.2. The molecule has 6 heteroatoms. The molecule has 0 aliphatic heterocycles. The summed E-state index contributed by atoms with van der Waals surface area (Å²) in [6.45, 7) is 6.88. The van der Waals surface area contributed by atoms with Crippen LogP contribution >= 0.6 is 11.6 Å². The molecule has 1 amide bonds. The Balaban J connectivity index is 2.61. The lowest BCUT2D eigenvalue weighted by atomic mass is 10.2. The zero-order valence-corrected chi connectivity index (χ0v) is 14.4. The first-order valence-corrected chi connectivity index (χ1v) is 8.62. The lowest BCUT2D eigenvalue weighted by molar-refractivity contribution is -0.113. The van der Waals surface area contributed by atoms with E-state index in [0.717, 1.165) is 9.87 Å². The maximum absolute atomic E-state index is 12.9. The minimum absolute atomic E-state index is 0.0349. The molecule has 2 aromatic rings. The highest BCUT2D eigenvalue weighted by Gasteiger charge is 2.31. The molecular weight excluding hydrogens is 334 g/mol. The molecule has 4 nitrogen and oxygen atoms in total. The molecule has 0 aromatic heterocycles. The minimum atomic E-state index is -4.05. The quantitative estimate of drug-likeness (QED) is 0.785. The molecule has 0 aliphatic rings. The van der Waals surface area contributed by atoms with Crippen molar-refractivity contribution in [2.75, 3.05) is 4.31 Å². The van der Waals surface area contributed by atoms with Crippen LogP contribution in [0.1, 0.15) is 12.5 Å². The average Bonchev–Trinajstić information content (AvgIpc) is 2.49. The van der Waals surface area contributed by atoms with Crippen LogP contribution in [0, 0.1) is 6.92 Å². The Morgan fingerprint density at radius 2 is 1.57 bits per heavy atom. The fourth-order valence-corrected chi connectivity index (χ4v) is 3.52. The van der Waals surface area contributed by atoms with Gasteiger partial charge in [-0.3, -0.25) is 4.79 Å². The van der Waals surface area contributed by atoms with Gasteiger partial charge in [-0.2, -0.15) is 4.31 Å². The third-order valence-electron chi connectivity index (χ3n) is 3.17. The van der Waals surface area contributed by atoms with Crippen molar-refractivity contribution < 1.29 is 13.2 Å². The van der Waals surface area contributed by atoms with Crippen LogP contribution in [-0.2, 0) is 14.8 Å². The summed E-state index contributed by atoms with van der Waals surface area (Å²) >= 11 is 5.84. The number of amides is 1. The van der Waals surface area contributed by atoms with E-state index in [-0.39, 0.29) is 16.2 Å². The van der Waals surface area contributed by atoms with E-state index in [2.05, 4.69) is 6.58 Å². The summed E-state index contributed by atoms with van der Waals surface area (Å²) in [5.41, 5.74) is 1.26. The first-order valence-electron chi connectivity index (χ1n) is 6.81. The molecule has 0 bridgehead atoms. The van der Waals surface area contributed by atoms with Crippen molar-refractivity contribution in [3.8, 4) is 0 Å². The molecule has 0 saturated carbocycles. The maximum Gasteiger partial charge on any atom is 0.271 e. The fourth-order valence-electron chi connectivity index (χ4n) is 1.93. The van der Waals surface area contributed by atoms with Crippen molar-refractivity contribution in [3.05, 3.63) is 71.3 Å². The third-order valence-corrected chi connectivity index (χ3v) is 5.15. The number of carbonyl (C=O) groups excluding carboxylic acids is 1. The number of nitrogens with zero attached hydrogens (tertiary/aromatic N) is 1. The predicted molar refractivity (Wildman–Crippen MR) is 92.1 cm³/mol. The van der Waals surface area contributed by atoms with Gasteiger partial charge in [-0.1, -0.05) is 35.9 Å². The Morgan fingerprint density at radius 1 is 1.04 bits per heavy atom. The van der Waals surface area contributed by atoms with Gasteiger partial charge in [0.1, 0.15) is 0 Å². The topological polar surface area (TPSA) is 54.5 Å². The molecule has 0 spiro atoms. The molecular formula is C17H16ClNO3S. The van der Waals surface area contributed by atoms with Gasteiger partial charge < -0.3 is 0 Å². The Kier molecular flexibility index (Phi) is 4.92.